The van der Waals surface area contributed by atoms with E-state index in [1.54, 1.807) is 0 Å². The van der Waals surface area contributed by atoms with Crippen molar-refractivity contribution in [2.45, 2.75) is 222 Å². The van der Waals surface area contributed by atoms with E-state index < -0.39 is 74.1 Å². The summed E-state index contributed by atoms with van der Waals surface area (Å²) in [5.41, 5.74) is 0. The van der Waals surface area contributed by atoms with Crippen LogP contribution >= 0.6 is 0 Å². The highest BCUT2D eigenvalue weighted by atomic mass is 19.3. The second kappa shape index (κ2) is 27.9. The van der Waals surface area contributed by atoms with E-state index in [0.29, 0.717) is 19.3 Å². The number of hydrogen-bond donors (Lipinski definition) is 7. The van der Waals surface area contributed by atoms with Gasteiger partial charge in [0.05, 0.1) is 50.7 Å². The van der Waals surface area contributed by atoms with Crippen molar-refractivity contribution in [3.05, 3.63) is 0 Å². The van der Waals surface area contributed by atoms with Gasteiger partial charge in [-0.3, -0.25) is 0 Å². The van der Waals surface area contributed by atoms with Crippen LogP contribution in [0, 0.1) is 5.92 Å². The van der Waals surface area contributed by atoms with Crippen LogP contribution in [0.15, 0.2) is 0 Å². The smallest absolute Gasteiger partial charge is 0.260 e. The molecule has 0 aromatic rings. The van der Waals surface area contributed by atoms with Crippen molar-refractivity contribution in [1.82, 2.24) is 5.32 Å². The van der Waals surface area contributed by atoms with E-state index in [0.717, 1.165) is 71.0 Å². The Morgan fingerprint density at radius 3 is 1.69 bits per heavy atom. The van der Waals surface area contributed by atoms with Crippen LogP contribution < -0.4 is 5.32 Å². The van der Waals surface area contributed by atoms with Gasteiger partial charge in [-0.05, 0) is 19.3 Å². The first kappa shape index (κ1) is 47.6. The summed E-state index contributed by atoms with van der Waals surface area (Å²) in [4.78, 5) is 0. The third-order valence-corrected chi connectivity index (χ3v) is 11.0. The van der Waals surface area contributed by atoms with Crippen LogP contribution in [0.3, 0.4) is 0 Å². The Bertz CT molecular complexity index is 850. The number of aliphatic hydroxyl groups excluding tert-OH is 6. The Labute approximate surface area is 313 Å². The van der Waals surface area contributed by atoms with E-state index >= 15 is 0 Å². The van der Waals surface area contributed by atoms with Gasteiger partial charge in [-0.15, -0.1) is 0 Å². The summed E-state index contributed by atoms with van der Waals surface area (Å²) in [6.07, 6.45) is 13.5. The quantitative estimate of drug-likeness (QED) is 0.0388. The Balaban J connectivity index is 1.85. The van der Waals surface area contributed by atoms with Gasteiger partial charge in [-0.2, -0.15) is 0 Å². The van der Waals surface area contributed by atoms with E-state index in [-0.39, 0.29) is 6.42 Å². The molecule has 10 nitrogen and oxygen atoms in total. The normalized spacial score (nSPS) is 25.2. The van der Waals surface area contributed by atoms with Crippen LogP contribution in [0.1, 0.15) is 162 Å². The van der Waals surface area contributed by atoms with Crippen LogP contribution in [0.4, 0.5) is 8.78 Å². The molecule has 0 saturated carbocycles. The zero-order chi connectivity index (χ0) is 38.2. The lowest BCUT2D eigenvalue weighted by molar-refractivity contribution is -0.303. The summed E-state index contributed by atoms with van der Waals surface area (Å²) in [6, 6.07) is -2.46. The zero-order valence-electron chi connectivity index (χ0n) is 32.5. The predicted molar refractivity (Wildman–Crippen MR) is 199 cm³/mol. The Kier molecular flexibility index (Phi) is 25.6. The van der Waals surface area contributed by atoms with E-state index in [1.165, 1.54) is 77.0 Å². The van der Waals surface area contributed by atoms with Gasteiger partial charge in [0.2, 0.25) is 0 Å². The molecule has 2 heterocycles. The van der Waals surface area contributed by atoms with Gasteiger partial charge in [0.15, 0.2) is 6.29 Å². The largest absolute Gasteiger partial charge is 0.394 e. The second-order valence-corrected chi connectivity index (χ2v) is 15.9. The van der Waals surface area contributed by atoms with Crippen molar-refractivity contribution in [2.24, 2.45) is 5.92 Å². The van der Waals surface area contributed by atoms with Crippen LogP contribution in [0.25, 0.3) is 0 Å². The number of aliphatic hydroxyl groups is 6. The molecule has 2 rings (SSSR count). The van der Waals surface area contributed by atoms with Crippen molar-refractivity contribution >= 4 is 0 Å². The first-order valence-electron chi connectivity index (χ1n) is 21.0. The molecule has 0 aromatic heterocycles. The lowest BCUT2D eigenvalue weighted by Gasteiger charge is -2.41. The van der Waals surface area contributed by atoms with Gasteiger partial charge in [0.1, 0.15) is 24.4 Å². The minimum atomic E-state index is -3.13. The maximum Gasteiger partial charge on any atom is 0.260 e. The molecule has 0 aromatic carbocycles. The third kappa shape index (κ3) is 19.4. The molecule has 2 fully saturated rings. The molecule has 52 heavy (non-hydrogen) atoms. The molecule has 2 aliphatic heterocycles. The number of unbranched alkanes of at least 4 members (excludes halogenated alkanes) is 18. The fourth-order valence-corrected chi connectivity index (χ4v) is 7.32. The molecule has 0 bridgehead atoms. The van der Waals surface area contributed by atoms with Crippen molar-refractivity contribution < 1.29 is 53.6 Å². The molecular formula is C40H77F2NO9. The average molecular weight is 754 g/mol. The molecule has 9 atom stereocenters. The van der Waals surface area contributed by atoms with Crippen LogP contribution in [0.5, 0.6) is 0 Å². The lowest BCUT2D eigenvalue weighted by atomic mass is 9.96. The van der Waals surface area contributed by atoms with Gasteiger partial charge in [0, 0.05) is 12.8 Å². The van der Waals surface area contributed by atoms with Crippen molar-refractivity contribution in [3.8, 4) is 0 Å². The van der Waals surface area contributed by atoms with E-state index in [4.69, 9.17) is 14.2 Å². The molecule has 12 heteroatoms. The van der Waals surface area contributed by atoms with Gasteiger partial charge in [0.25, 0.3) is 5.92 Å². The maximum absolute atomic E-state index is 15.0. The lowest BCUT2D eigenvalue weighted by Crippen LogP contribution is -2.61. The molecule has 0 spiro atoms. The molecule has 7 N–H and O–H groups in total. The molecule has 0 amide bonds. The number of ether oxygens (including phenoxy) is 3. The van der Waals surface area contributed by atoms with Crippen LogP contribution in [-0.2, 0) is 14.2 Å². The number of hydrogen-bond acceptors (Lipinski definition) is 10. The predicted octanol–water partition coefficient (Wildman–Crippen LogP) is 6.15. The highest BCUT2D eigenvalue weighted by molar-refractivity contribution is 4.92. The van der Waals surface area contributed by atoms with Crippen molar-refractivity contribution in [1.29, 1.82) is 0 Å². The van der Waals surface area contributed by atoms with Gasteiger partial charge in [-0.1, -0.05) is 135 Å². The average Bonchev–Trinajstić information content (AvgIpc) is 3.09. The minimum absolute atomic E-state index is 0.158. The number of rotatable bonds is 33. The molecule has 310 valence electrons. The summed E-state index contributed by atoms with van der Waals surface area (Å²) in [6.45, 7) is 3.79. The summed E-state index contributed by atoms with van der Waals surface area (Å²) < 4.78 is 46.3. The van der Waals surface area contributed by atoms with E-state index in [2.05, 4.69) is 12.2 Å². The fraction of sp³-hybridized carbons (Fsp3) is 1.00. The monoisotopic (exact) mass is 754 g/mol. The Morgan fingerprint density at radius 2 is 1.21 bits per heavy atom. The highest BCUT2D eigenvalue weighted by Crippen LogP contribution is 2.26. The molecule has 2 saturated heterocycles. The van der Waals surface area contributed by atoms with E-state index in [9.17, 15) is 39.4 Å². The number of nitrogens with one attached hydrogen (secondary N) is 1. The van der Waals surface area contributed by atoms with Crippen molar-refractivity contribution in [2.75, 3.05) is 26.4 Å². The summed E-state index contributed by atoms with van der Waals surface area (Å²) in [5, 5.41) is 65.4. The second-order valence-electron chi connectivity index (χ2n) is 15.9. The Hall–Kier alpha value is -0.540. The Morgan fingerprint density at radius 1 is 0.712 bits per heavy atom. The van der Waals surface area contributed by atoms with Crippen LogP contribution in [-0.4, -0.2) is 118 Å². The SMILES string of the molecule is CCCCCCCCCCCCCC[C@@H](O)[C@@H](O)[C@H](COC1OC(CO)C(O)C(O)C1O)NC(CCCCCCCCCCC1COC1)C(C)(F)F. The minimum Gasteiger partial charge on any atom is -0.394 e. The molecule has 6 unspecified atom stereocenters. The van der Waals surface area contributed by atoms with Gasteiger partial charge >= 0.3 is 0 Å². The summed E-state index contributed by atoms with van der Waals surface area (Å²) >= 11 is 0. The number of alkyl halides is 2. The molecule has 2 aliphatic rings. The van der Waals surface area contributed by atoms with Crippen LogP contribution in [0.2, 0.25) is 0 Å². The van der Waals surface area contributed by atoms with Gasteiger partial charge < -0.3 is 50.2 Å². The standard InChI is InChI=1S/C40H77F2NO9/c1-3-4-5-6-7-8-9-10-11-15-18-21-24-32(45)35(46)31(29-51-39-38(49)37(48)36(47)33(26-44)52-39)43-34(40(2,41)42)25-22-19-16-13-12-14-17-20-23-30-27-50-28-30/h30-39,43-49H,3-29H2,1-2H3/t31-,32+,33?,34?,35-,36?,37?,38?,39?/m0/s1. The van der Waals surface area contributed by atoms with Crippen molar-refractivity contribution in [3.63, 3.8) is 0 Å². The molecule has 0 radical (unpaired) electrons. The first-order valence-corrected chi connectivity index (χ1v) is 21.0. The van der Waals surface area contributed by atoms with Gasteiger partial charge in [-0.25, -0.2) is 8.78 Å². The highest BCUT2D eigenvalue weighted by Gasteiger charge is 2.45. The first-order chi connectivity index (χ1) is 25.0. The van der Waals surface area contributed by atoms with E-state index in [1.807, 2.05) is 0 Å². The maximum atomic E-state index is 15.0. The zero-order valence-corrected chi connectivity index (χ0v) is 32.5. The molecule has 0 aliphatic carbocycles. The number of halogens is 2. The summed E-state index contributed by atoms with van der Waals surface area (Å²) in [7, 11) is 0. The fourth-order valence-electron chi connectivity index (χ4n) is 7.32. The summed E-state index contributed by atoms with van der Waals surface area (Å²) in [5.74, 6) is -2.40. The molecular weight excluding hydrogens is 676 g/mol. The third-order valence-electron chi connectivity index (χ3n) is 11.0. The topological polar surface area (TPSA) is 161 Å².